The van der Waals surface area contributed by atoms with Crippen LogP contribution in [0.25, 0.3) is 0 Å². The first-order valence-electron chi connectivity index (χ1n) is 7.39. The second-order valence-corrected chi connectivity index (χ2v) is 8.43. The molecule has 2 aliphatic rings. The average Bonchev–Trinajstić information content (AvgIpc) is 2.87. The van der Waals surface area contributed by atoms with Crippen LogP contribution in [0.15, 0.2) is 0 Å². The quantitative estimate of drug-likeness (QED) is 0.635. The van der Waals surface area contributed by atoms with E-state index in [1.165, 1.54) is 0 Å². The minimum atomic E-state index is -5.08. The van der Waals surface area contributed by atoms with Crippen LogP contribution in [0, 0.1) is 11.8 Å². The lowest BCUT2D eigenvalue weighted by Gasteiger charge is -2.32. The third-order valence-corrected chi connectivity index (χ3v) is 6.15. The van der Waals surface area contributed by atoms with Gasteiger partial charge in [-0.05, 0) is 20.3 Å². The normalized spacial score (nSPS) is 28.5. The topological polar surface area (TPSA) is 113 Å². The highest BCUT2D eigenvalue weighted by atomic mass is 32.2. The summed E-state index contributed by atoms with van der Waals surface area (Å²) in [5, 5.41) is 12.8. The van der Waals surface area contributed by atoms with Gasteiger partial charge < -0.3 is 15.7 Å². The molecule has 0 unspecified atom stereocenters. The maximum absolute atomic E-state index is 12.0. The molecule has 0 aromatic heterocycles. The number of aliphatic carboxylic acids is 1. The molecule has 0 radical (unpaired) electrons. The predicted molar refractivity (Wildman–Crippen MR) is 79.0 cm³/mol. The van der Waals surface area contributed by atoms with Crippen LogP contribution in [0.1, 0.15) is 20.3 Å². The van der Waals surface area contributed by atoms with E-state index in [0.717, 1.165) is 0 Å². The van der Waals surface area contributed by atoms with Crippen molar-refractivity contribution in [2.45, 2.75) is 37.7 Å². The number of sulfone groups is 1. The highest BCUT2D eigenvalue weighted by Crippen LogP contribution is 2.33. The molecule has 2 fully saturated rings. The molecule has 7 nitrogen and oxygen atoms in total. The molecule has 11 heteroatoms. The highest BCUT2D eigenvalue weighted by molar-refractivity contribution is 7.92. The van der Waals surface area contributed by atoms with Crippen molar-refractivity contribution >= 4 is 21.7 Å². The van der Waals surface area contributed by atoms with E-state index in [2.05, 4.69) is 10.6 Å². The fourth-order valence-electron chi connectivity index (χ4n) is 2.84. The first-order chi connectivity index (χ1) is 10.9. The van der Waals surface area contributed by atoms with Crippen molar-refractivity contribution < 1.29 is 36.3 Å². The van der Waals surface area contributed by atoms with Crippen molar-refractivity contribution in [1.29, 1.82) is 0 Å². The molecule has 3 N–H and O–H groups in total. The maximum atomic E-state index is 12.0. The Labute approximate surface area is 137 Å². The zero-order valence-corrected chi connectivity index (χ0v) is 14.1. The number of nitrogens with one attached hydrogen (secondary N) is 2. The fourth-order valence-corrected chi connectivity index (χ4v) is 4.92. The van der Waals surface area contributed by atoms with Crippen LogP contribution < -0.4 is 10.6 Å². The van der Waals surface area contributed by atoms with E-state index < -0.39 is 22.0 Å². The number of carboxylic acids is 1. The van der Waals surface area contributed by atoms with Crippen LogP contribution in [0.5, 0.6) is 0 Å². The second kappa shape index (κ2) is 7.68. The molecule has 0 aromatic carbocycles. The van der Waals surface area contributed by atoms with Crippen LogP contribution >= 0.6 is 0 Å². The summed E-state index contributed by atoms with van der Waals surface area (Å²) in [5.41, 5.74) is 0. The number of halogens is 3. The van der Waals surface area contributed by atoms with Gasteiger partial charge in [-0.2, -0.15) is 13.2 Å². The number of hydrogen-bond donors (Lipinski definition) is 3. The van der Waals surface area contributed by atoms with Crippen molar-refractivity contribution in [1.82, 2.24) is 10.6 Å². The number of alkyl halides is 3. The summed E-state index contributed by atoms with van der Waals surface area (Å²) in [7, 11) is -3.00. The Kier molecular flexibility index (Phi) is 6.62. The molecular weight excluding hydrogens is 353 g/mol. The van der Waals surface area contributed by atoms with Crippen molar-refractivity contribution in [2.75, 3.05) is 18.8 Å². The molecule has 2 rings (SSSR count). The van der Waals surface area contributed by atoms with Gasteiger partial charge in [0, 0.05) is 31.0 Å². The Morgan fingerprint density at radius 1 is 1.25 bits per heavy atom. The number of hydrogen-bond acceptors (Lipinski definition) is 5. The molecule has 0 saturated carbocycles. The first kappa shape index (κ1) is 20.7. The first-order valence-corrected chi connectivity index (χ1v) is 9.10. The smallest absolute Gasteiger partial charge is 0.475 e. The number of amides is 1. The van der Waals surface area contributed by atoms with E-state index in [9.17, 15) is 26.4 Å². The van der Waals surface area contributed by atoms with Crippen LogP contribution in [-0.2, 0) is 19.4 Å². The van der Waals surface area contributed by atoms with Crippen molar-refractivity contribution in [2.24, 2.45) is 11.8 Å². The van der Waals surface area contributed by atoms with E-state index >= 15 is 0 Å². The Morgan fingerprint density at radius 2 is 1.79 bits per heavy atom. The maximum Gasteiger partial charge on any atom is 0.490 e. The second-order valence-electron chi connectivity index (χ2n) is 6.09. The van der Waals surface area contributed by atoms with Gasteiger partial charge in [-0.3, -0.25) is 4.79 Å². The van der Waals surface area contributed by atoms with Gasteiger partial charge in [0.05, 0.1) is 11.0 Å². The number of fused-ring (bicyclic) bond motifs is 1. The lowest BCUT2D eigenvalue weighted by molar-refractivity contribution is -0.192. The SMILES string of the molecule is CC(C)NC(=O)[C@H]1CCS(=O)(=O)[C@@H]2CNC[C@H]12.O=C(O)C(F)(F)F. The van der Waals surface area contributed by atoms with Gasteiger partial charge >= 0.3 is 12.1 Å². The van der Waals surface area contributed by atoms with E-state index in [0.29, 0.717) is 19.5 Å². The predicted octanol–water partition coefficient (Wildman–Crippen LogP) is 0.167. The van der Waals surface area contributed by atoms with Crippen LogP contribution in [-0.4, -0.2) is 61.7 Å². The monoisotopic (exact) mass is 374 g/mol. The van der Waals surface area contributed by atoms with Crippen LogP contribution in [0.4, 0.5) is 13.2 Å². The Balaban J connectivity index is 0.000000351. The van der Waals surface area contributed by atoms with Gasteiger partial charge in [0.25, 0.3) is 0 Å². The molecule has 0 bridgehead atoms. The van der Waals surface area contributed by atoms with Gasteiger partial charge in [-0.15, -0.1) is 0 Å². The van der Waals surface area contributed by atoms with Gasteiger partial charge in [0.1, 0.15) is 0 Å². The van der Waals surface area contributed by atoms with Crippen LogP contribution in [0.2, 0.25) is 0 Å². The Morgan fingerprint density at radius 3 is 2.25 bits per heavy atom. The summed E-state index contributed by atoms with van der Waals surface area (Å²) in [6.07, 6.45) is -4.62. The standard InChI is InChI=1S/C11H20N2O3S.C2HF3O2/c1-7(2)13-11(14)8-3-4-17(15,16)10-6-12-5-9(8)10;3-2(4,5)1(6)7/h7-10,12H,3-6H2,1-2H3,(H,13,14);(H,6,7)/t8-,9+,10+;/m0./s1. The summed E-state index contributed by atoms with van der Waals surface area (Å²) in [5.74, 6) is -2.80. The molecule has 140 valence electrons. The molecule has 0 aromatic rings. The van der Waals surface area contributed by atoms with Crippen molar-refractivity contribution in [3.05, 3.63) is 0 Å². The van der Waals surface area contributed by atoms with E-state index in [1.54, 1.807) is 0 Å². The third-order valence-electron chi connectivity index (χ3n) is 3.90. The van der Waals surface area contributed by atoms with E-state index in [1.807, 2.05) is 13.8 Å². The highest BCUT2D eigenvalue weighted by Gasteiger charge is 2.47. The molecule has 2 saturated heterocycles. The molecule has 2 aliphatic heterocycles. The van der Waals surface area contributed by atoms with Crippen LogP contribution in [0.3, 0.4) is 0 Å². The lowest BCUT2D eigenvalue weighted by atomic mass is 9.87. The summed E-state index contributed by atoms with van der Waals surface area (Å²) >= 11 is 0. The molecule has 0 spiro atoms. The van der Waals surface area contributed by atoms with Gasteiger partial charge in [-0.25, -0.2) is 13.2 Å². The molecule has 3 atom stereocenters. The van der Waals surface area contributed by atoms with Gasteiger partial charge in [0.15, 0.2) is 9.84 Å². The molecule has 0 aliphatic carbocycles. The summed E-state index contributed by atoms with van der Waals surface area (Å²) < 4.78 is 55.5. The lowest BCUT2D eigenvalue weighted by Crippen LogP contribution is -2.48. The minimum Gasteiger partial charge on any atom is -0.475 e. The number of carbonyl (C=O) groups excluding carboxylic acids is 1. The van der Waals surface area contributed by atoms with Crippen molar-refractivity contribution in [3.8, 4) is 0 Å². The fraction of sp³-hybridized carbons (Fsp3) is 0.846. The number of carbonyl (C=O) groups is 2. The van der Waals surface area contributed by atoms with E-state index in [-0.39, 0.29) is 34.8 Å². The Hall–Kier alpha value is -1.36. The largest absolute Gasteiger partial charge is 0.490 e. The molecule has 1 amide bonds. The zero-order valence-electron chi connectivity index (χ0n) is 13.3. The van der Waals surface area contributed by atoms with Crippen molar-refractivity contribution in [3.63, 3.8) is 0 Å². The molecular formula is C13H21F3N2O5S. The molecule has 24 heavy (non-hydrogen) atoms. The summed E-state index contributed by atoms with van der Waals surface area (Å²) in [6, 6.07) is 0.105. The zero-order chi connectivity index (χ0) is 18.7. The molecule has 2 heterocycles. The summed E-state index contributed by atoms with van der Waals surface area (Å²) in [6.45, 7) is 4.97. The van der Waals surface area contributed by atoms with Gasteiger partial charge in [-0.1, -0.05) is 0 Å². The minimum absolute atomic E-state index is 0.00796. The van der Waals surface area contributed by atoms with E-state index in [4.69, 9.17) is 9.90 Å². The third kappa shape index (κ3) is 5.33. The Bertz CT molecular complexity index is 577. The average molecular weight is 374 g/mol. The summed E-state index contributed by atoms with van der Waals surface area (Å²) in [4.78, 5) is 20.9. The van der Waals surface area contributed by atoms with Gasteiger partial charge in [0.2, 0.25) is 5.91 Å². The number of carboxylic acid groups (broad SMARTS) is 1. The number of rotatable bonds is 2.